The van der Waals surface area contributed by atoms with Gasteiger partial charge in [-0.05, 0) is 54.8 Å². The zero-order valence-electron chi connectivity index (χ0n) is 12.4. The lowest BCUT2D eigenvalue weighted by molar-refractivity contribution is 0.102. The van der Waals surface area contributed by atoms with Crippen LogP contribution in [0, 0.1) is 13.8 Å². The molecule has 108 valence electrons. The van der Waals surface area contributed by atoms with Crippen LogP contribution in [0.3, 0.4) is 0 Å². The molecule has 0 aromatic heterocycles. The van der Waals surface area contributed by atoms with Crippen molar-refractivity contribution in [1.29, 1.82) is 0 Å². The molecular formula is C17H18N2O2. The fraction of sp³-hybridized carbons (Fsp3) is 0.176. The Morgan fingerprint density at radius 2 is 1.81 bits per heavy atom. The van der Waals surface area contributed by atoms with Crippen molar-refractivity contribution in [1.82, 2.24) is 0 Å². The lowest BCUT2D eigenvalue weighted by Crippen LogP contribution is -2.12. The standard InChI is InChI=1S/C17H18N2O2/c1-12-4-9-16(10-13(12)2)19-17(20)15-7-5-14(6-8-15)11-18-21-3/h4-11H,1-3H3,(H,19,20)/b18-11+. The molecule has 0 unspecified atom stereocenters. The number of rotatable bonds is 4. The van der Waals surface area contributed by atoms with Gasteiger partial charge in [-0.3, -0.25) is 4.79 Å². The van der Waals surface area contributed by atoms with E-state index < -0.39 is 0 Å². The van der Waals surface area contributed by atoms with E-state index in [-0.39, 0.29) is 5.91 Å². The number of amides is 1. The van der Waals surface area contributed by atoms with Gasteiger partial charge in [-0.25, -0.2) is 0 Å². The number of carbonyl (C=O) groups is 1. The molecule has 0 aliphatic rings. The van der Waals surface area contributed by atoms with Gasteiger partial charge in [-0.15, -0.1) is 0 Å². The summed E-state index contributed by atoms with van der Waals surface area (Å²) in [6.07, 6.45) is 1.59. The van der Waals surface area contributed by atoms with Gasteiger partial charge in [0.05, 0.1) is 6.21 Å². The van der Waals surface area contributed by atoms with Gasteiger partial charge in [0.15, 0.2) is 0 Å². The summed E-state index contributed by atoms with van der Waals surface area (Å²) >= 11 is 0. The molecular weight excluding hydrogens is 264 g/mol. The minimum atomic E-state index is -0.131. The Labute approximate surface area is 124 Å². The monoisotopic (exact) mass is 282 g/mol. The van der Waals surface area contributed by atoms with E-state index in [4.69, 9.17) is 0 Å². The molecule has 0 spiro atoms. The van der Waals surface area contributed by atoms with Gasteiger partial charge in [-0.2, -0.15) is 0 Å². The van der Waals surface area contributed by atoms with E-state index in [1.54, 1.807) is 18.3 Å². The molecule has 0 aliphatic heterocycles. The van der Waals surface area contributed by atoms with Crippen molar-refractivity contribution in [3.8, 4) is 0 Å². The number of oxime groups is 1. The number of nitrogens with zero attached hydrogens (tertiary/aromatic N) is 1. The topological polar surface area (TPSA) is 50.7 Å². The number of benzene rings is 2. The summed E-state index contributed by atoms with van der Waals surface area (Å²) in [5, 5.41) is 6.57. The minimum absolute atomic E-state index is 0.131. The molecule has 1 amide bonds. The third kappa shape index (κ3) is 3.92. The van der Waals surface area contributed by atoms with Crippen molar-refractivity contribution in [2.45, 2.75) is 13.8 Å². The predicted octanol–water partition coefficient (Wildman–Crippen LogP) is 3.54. The Bertz CT molecular complexity index is 661. The van der Waals surface area contributed by atoms with Crippen molar-refractivity contribution in [2.75, 3.05) is 12.4 Å². The molecule has 2 rings (SSSR count). The molecule has 0 radical (unpaired) electrons. The van der Waals surface area contributed by atoms with Gasteiger partial charge in [0.2, 0.25) is 0 Å². The van der Waals surface area contributed by atoms with Gasteiger partial charge in [0.1, 0.15) is 7.11 Å². The first kappa shape index (κ1) is 14.8. The smallest absolute Gasteiger partial charge is 0.255 e. The van der Waals surface area contributed by atoms with Crippen molar-refractivity contribution in [3.05, 3.63) is 64.7 Å². The molecule has 0 saturated heterocycles. The second kappa shape index (κ2) is 6.70. The van der Waals surface area contributed by atoms with Crippen LogP contribution < -0.4 is 5.32 Å². The molecule has 2 aromatic rings. The summed E-state index contributed by atoms with van der Waals surface area (Å²) in [6.45, 7) is 4.07. The maximum Gasteiger partial charge on any atom is 0.255 e. The van der Waals surface area contributed by atoms with Gasteiger partial charge >= 0.3 is 0 Å². The molecule has 4 heteroatoms. The first-order valence-electron chi connectivity index (χ1n) is 6.65. The van der Waals surface area contributed by atoms with Crippen molar-refractivity contribution < 1.29 is 9.63 Å². The average molecular weight is 282 g/mol. The van der Waals surface area contributed by atoms with E-state index in [9.17, 15) is 4.79 Å². The summed E-state index contributed by atoms with van der Waals surface area (Å²) in [6, 6.07) is 13.0. The van der Waals surface area contributed by atoms with E-state index in [1.807, 2.05) is 44.2 Å². The second-order valence-corrected chi connectivity index (χ2v) is 4.79. The van der Waals surface area contributed by atoms with Crippen LogP contribution in [0.1, 0.15) is 27.0 Å². The number of anilines is 1. The molecule has 2 aromatic carbocycles. The Kier molecular flexibility index (Phi) is 4.72. The zero-order valence-corrected chi connectivity index (χ0v) is 12.4. The first-order valence-corrected chi connectivity index (χ1v) is 6.65. The maximum atomic E-state index is 12.2. The maximum absolute atomic E-state index is 12.2. The highest BCUT2D eigenvalue weighted by Crippen LogP contribution is 2.15. The van der Waals surface area contributed by atoms with Crippen LogP contribution in [0.15, 0.2) is 47.6 Å². The lowest BCUT2D eigenvalue weighted by Gasteiger charge is -2.08. The number of hydrogen-bond donors (Lipinski definition) is 1. The highest BCUT2D eigenvalue weighted by Gasteiger charge is 2.06. The zero-order chi connectivity index (χ0) is 15.2. The molecule has 0 atom stereocenters. The number of carbonyl (C=O) groups excluding carboxylic acids is 1. The molecule has 0 bridgehead atoms. The molecule has 0 heterocycles. The highest BCUT2D eigenvalue weighted by molar-refractivity contribution is 6.04. The second-order valence-electron chi connectivity index (χ2n) is 4.79. The SMILES string of the molecule is CO/N=C/c1ccc(C(=O)Nc2ccc(C)c(C)c2)cc1. The van der Waals surface area contributed by atoms with E-state index in [0.29, 0.717) is 5.56 Å². The normalized spacial score (nSPS) is 10.6. The molecule has 21 heavy (non-hydrogen) atoms. The molecule has 4 nitrogen and oxygen atoms in total. The van der Waals surface area contributed by atoms with E-state index in [2.05, 4.69) is 15.3 Å². The fourth-order valence-corrected chi connectivity index (χ4v) is 1.86. The summed E-state index contributed by atoms with van der Waals surface area (Å²) in [4.78, 5) is 16.8. The quantitative estimate of drug-likeness (QED) is 0.689. The van der Waals surface area contributed by atoms with Gasteiger partial charge in [0.25, 0.3) is 5.91 Å². The van der Waals surface area contributed by atoms with Crippen LogP contribution >= 0.6 is 0 Å². The van der Waals surface area contributed by atoms with Crippen LogP contribution in [-0.4, -0.2) is 19.2 Å². The number of nitrogens with one attached hydrogen (secondary N) is 1. The number of hydrogen-bond acceptors (Lipinski definition) is 3. The first-order chi connectivity index (χ1) is 10.1. The van der Waals surface area contributed by atoms with Crippen LogP contribution in [0.5, 0.6) is 0 Å². The highest BCUT2D eigenvalue weighted by atomic mass is 16.6. The Morgan fingerprint density at radius 1 is 1.10 bits per heavy atom. The summed E-state index contributed by atoms with van der Waals surface area (Å²) < 4.78 is 0. The molecule has 0 saturated carbocycles. The van der Waals surface area contributed by atoms with Crippen molar-refractivity contribution >= 4 is 17.8 Å². The minimum Gasteiger partial charge on any atom is -0.399 e. The summed E-state index contributed by atoms with van der Waals surface area (Å²) in [5.41, 5.74) is 4.63. The lowest BCUT2D eigenvalue weighted by atomic mass is 10.1. The molecule has 1 N–H and O–H groups in total. The third-order valence-electron chi connectivity index (χ3n) is 3.24. The average Bonchev–Trinajstić information content (AvgIpc) is 2.49. The Morgan fingerprint density at radius 3 is 2.43 bits per heavy atom. The third-order valence-corrected chi connectivity index (χ3v) is 3.24. The van der Waals surface area contributed by atoms with Crippen LogP contribution in [0.2, 0.25) is 0 Å². The summed E-state index contributed by atoms with van der Waals surface area (Å²) in [5.74, 6) is -0.131. The van der Waals surface area contributed by atoms with E-state index in [0.717, 1.165) is 16.8 Å². The van der Waals surface area contributed by atoms with Crippen LogP contribution in [0.25, 0.3) is 0 Å². The number of aryl methyl sites for hydroxylation is 2. The van der Waals surface area contributed by atoms with Gasteiger partial charge < -0.3 is 10.2 Å². The van der Waals surface area contributed by atoms with Crippen molar-refractivity contribution in [3.63, 3.8) is 0 Å². The largest absolute Gasteiger partial charge is 0.399 e. The molecule has 0 fully saturated rings. The van der Waals surface area contributed by atoms with Gasteiger partial charge in [0, 0.05) is 11.3 Å². The van der Waals surface area contributed by atoms with Crippen LogP contribution in [-0.2, 0) is 4.84 Å². The Balaban J connectivity index is 2.09. The predicted molar refractivity (Wildman–Crippen MR) is 84.9 cm³/mol. The fourth-order valence-electron chi connectivity index (χ4n) is 1.86. The molecule has 0 aliphatic carbocycles. The Hall–Kier alpha value is -2.62. The summed E-state index contributed by atoms with van der Waals surface area (Å²) in [7, 11) is 1.49. The van der Waals surface area contributed by atoms with Crippen molar-refractivity contribution in [2.24, 2.45) is 5.16 Å². The van der Waals surface area contributed by atoms with Crippen LogP contribution in [0.4, 0.5) is 5.69 Å². The van der Waals surface area contributed by atoms with E-state index >= 15 is 0 Å². The van der Waals surface area contributed by atoms with E-state index in [1.165, 1.54) is 12.7 Å². The van der Waals surface area contributed by atoms with Gasteiger partial charge in [-0.1, -0.05) is 23.4 Å².